The Hall–Kier alpha value is -2.55. The van der Waals surface area contributed by atoms with Crippen LogP contribution in [0.2, 0.25) is 0 Å². The molecule has 0 atom stereocenters. The number of hydrogen-bond acceptors (Lipinski definition) is 5. The van der Waals surface area contributed by atoms with Crippen molar-refractivity contribution in [3.05, 3.63) is 72.8 Å². The number of sulfonamides is 1. The van der Waals surface area contributed by atoms with E-state index in [9.17, 15) is 8.42 Å². The molecule has 0 radical (unpaired) electrons. The fraction of sp³-hybridized carbons (Fsp3) is 0.263. The first-order valence-electron chi connectivity index (χ1n) is 8.84. The summed E-state index contributed by atoms with van der Waals surface area (Å²) >= 11 is 0. The molecular formula is C19H21N5O2S. The van der Waals surface area contributed by atoms with E-state index < -0.39 is 10.0 Å². The van der Waals surface area contributed by atoms with Crippen molar-refractivity contribution >= 4 is 10.0 Å². The van der Waals surface area contributed by atoms with E-state index in [4.69, 9.17) is 0 Å². The van der Waals surface area contributed by atoms with Gasteiger partial charge in [-0.2, -0.15) is 9.40 Å². The summed E-state index contributed by atoms with van der Waals surface area (Å²) in [5, 5.41) is 4.16. The predicted octanol–water partition coefficient (Wildman–Crippen LogP) is 1.77. The highest BCUT2D eigenvalue weighted by Crippen LogP contribution is 2.20. The van der Waals surface area contributed by atoms with Gasteiger partial charge in [0.15, 0.2) is 0 Å². The molecular weight excluding hydrogens is 362 g/mol. The molecule has 8 heteroatoms. The minimum absolute atomic E-state index is 0.320. The Balaban J connectivity index is 1.41. The van der Waals surface area contributed by atoms with Crippen molar-refractivity contribution in [2.75, 3.05) is 26.2 Å². The van der Waals surface area contributed by atoms with Crippen LogP contribution in [0.3, 0.4) is 0 Å². The fourth-order valence-corrected chi connectivity index (χ4v) is 4.64. The first kappa shape index (κ1) is 17.8. The maximum absolute atomic E-state index is 12.9. The maximum atomic E-state index is 12.9. The van der Waals surface area contributed by atoms with E-state index in [2.05, 4.69) is 15.0 Å². The molecule has 1 fully saturated rings. The molecule has 3 heterocycles. The summed E-state index contributed by atoms with van der Waals surface area (Å²) < 4.78 is 29.1. The summed E-state index contributed by atoms with van der Waals surface area (Å²) in [7, 11) is -3.48. The van der Waals surface area contributed by atoms with Crippen LogP contribution in [0.15, 0.2) is 72.1 Å². The highest BCUT2D eigenvalue weighted by atomic mass is 32.2. The molecule has 4 rings (SSSR count). The van der Waals surface area contributed by atoms with Crippen LogP contribution >= 0.6 is 0 Å². The predicted molar refractivity (Wildman–Crippen MR) is 102 cm³/mol. The van der Waals surface area contributed by atoms with Crippen LogP contribution in [0.25, 0.3) is 5.69 Å². The first-order valence-corrected chi connectivity index (χ1v) is 10.3. The second kappa shape index (κ2) is 7.59. The summed E-state index contributed by atoms with van der Waals surface area (Å²) in [6.07, 6.45) is 7.08. The maximum Gasteiger partial charge on any atom is 0.243 e. The molecule has 3 aromatic rings. The Morgan fingerprint density at radius 1 is 0.889 bits per heavy atom. The molecule has 0 spiro atoms. The highest BCUT2D eigenvalue weighted by molar-refractivity contribution is 7.89. The summed E-state index contributed by atoms with van der Waals surface area (Å²) in [5.41, 5.74) is 2.02. The summed E-state index contributed by atoms with van der Waals surface area (Å²) in [6.45, 7) is 3.23. The minimum atomic E-state index is -3.48. The summed E-state index contributed by atoms with van der Waals surface area (Å²) in [5.74, 6) is 0. The van der Waals surface area contributed by atoms with Crippen LogP contribution in [0.5, 0.6) is 0 Å². The molecule has 1 aromatic carbocycles. The normalized spacial score (nSPS) is 16.4. The van der Waals surface area contributed by atoms with Gasteiger partial charge in [0, 0.05) is 57.5 Å². The summed E-state index contributed by atoms with van der Waals surface area (Å²) in [6, 6.07) is 12.7. The van der Waals surface area contributed by atoms with Crippen molar-refractivity contribution in [3.8, 4) is 5.69 Å². The molecule has 0 bridgehead atoms. The zero-order chi connectivity index (χ0) is 18.7. The lowest BCUT2D eigenvalue weighted by atomic mass is 10.2. The van der Waals surface area contributed by atoms with Crippen LogP contribution in [-0.4, -0.2) is 58.6 Å². The zero-order valence-electron chi connectivity index (χ0n) is 14.8. The number of benzene rings is 1. The van der Waals surface area contributed by atoms with Crippen LogP contribution in [0.4, 0.5) is 0 Å². The second-order valence-electron chi connectivity index (χ2n) is 6.48. The monoisotopic (exact) mass is 383 g/mol. The molecule has 2 aromatic heterocycles. The number of rotatable bonds is 5. The van der Waals surface area contributed by atoms with Crippen molar-refractivity contribution < 1.29 is 8.42 Å². The van der Waals surface area contributed by atoms with Gasteiger partial charge >= 0.3 is 0 Å². The van der Waals surface area contributed by atoms with E-state index in [1.54, 1.807) is 51.8 Å². The minimum Gasteiger partial charge on any atom is -0.296 e. The lowest BCUT2D eigenvalue weighted by Crippen LogP contribution is -2.48. The number of nitrogens with zero attached hydrogens (tertiary/aromatic N) is 5. The van der Waals surface area contributed by atoms with Gasteiger partial charge in [-0.15, -0.1) is 0 Å². The molecule has 7 nitrogen and oxygen atoms in total. The Morgan fingerprint density at radius 3 is 2.22 bits per heavy atom. The van der Waals surface area contributed by atoms with Gasteiger partial charge in [0.1, 0.15) is 0 Å². The van der Waals surface area contributed by atoms with Gasteiger partial charge in [0.2, 0.25) is 10.0 Å². The van der Waals surface area contributed by atoms with Gasteiger partial charge in [-0.3, -0.25) is 9.88 Å². The van der Waals surface area contributed by atoms with Gasteiger partial charge in [0.25, 0.3) is 0 Å². The average molecular weight is 383 g/mol. The largest absolute Gasteiger partial charge is 0.296 e. The number of pyridine rings is 1. The third-order valence-corrected chi connectivity index (χ3v) is 6.64. The smallest absolute Gasteiger partial charge is 0.243 e. The van der Waals surface area contributed by atoms with E-state index >= 15 is 0 Å². The summed E-state index contributed by atoms with van der Waals surface area (Å²) in [4.78, 5) is 6.61. The van der Waals surface area contributed by atoms with Gasteiger partial charge < -0.3 is 0 Å². The van der Waals surface area contributed by atoms with Gasteiger partial charge in [-0.1, -0.05) is 0 Å². The van der Waals surface area contributed by atoms with Crippen LogP contribution in [-0.2, 0) is 16.6 Å². The van der Waals surface area contributed by atoms with Gasteiger partial charge in [0.05, 0.1) is 10.6 Å². The topological polar surface area (TPSA) is 71.3 Å². The van der Waals surface area contributed by atoms with E-state index in [1.807, 2.05) is 24.4 Å². The van der Waals surface area contributed by atoms with E-state index in [0.717, 1.165) is 12.2 Å². The van der Waals surface area contributed by atoms with Gasteiger partial charge in [-0.25, -0.2) is 13.1 Å². The molecule has 27 heavy (non-hydrogen) atoms. The van der Waals surface area contributed by atoms with Crippen molar-refractivity contribution in [1.82, 2.24) is 24.0 Å². The SMILES string of the molecule is O=S(=O)(c1ccc(-n2cccn2)cc1)N1CCN(Cc2ccncc2)CC1. The first-order chi connectivity index (χ1) is 13.1. The molecule has 1 saturated heterocycles. The third kappa shape index (κ3) is 3.92. The van der Waals surface area contributed by atoms with Crippen molar-refractivity contribution in [2.45, 2.75) is 11.4 Å². The van der Waals surface area contributed by atoms with Crippen molar-refractivity contribution in [1.29, 1.82) is 0 Å². The Morgan fingerprint density at radius 2 is 1.59 bits per heavy atom. The Labute approximate surface area is 158 Å². The molecule has 0 N–H and O–H groups in total. The van der Waals surface area contributed by atoms with E-state index in [1.165, 1.54) is 5.56 Å². The molecule has 1 aliphatic rings. The molecule has 0 unspecified atom stereocenters. The Kier molecular flexibility index (Phi) is 5.02. The molecule has 1 aliphatic heterocycles. The second-order valence-corrected chi connectivity index (χ2v) is 8.42. The molecule has 140 valence electrons. The zero-order valence-corrected chi connectivity index (χ0v) is 15.7. The molecule has 0 amide bonds. The van der Waals surface area contributed by atoms with Crippen LogP contribution in [0.1, 0.15) is 5.56 Å². The van der Waals surface area contributed by atoms with Crippen molar-refractivity contribution in [3.63, 3.8) is 0 Å². The van der Waals surface area contributed by atoms with Crippen LogP contribution in [0, 0.1) is 0 Å². The Bertz CT molecular complexity index is 965. The fourth-order valence-electron chi connectivity index (χ4n) is 3.22. The number of aromatic nitrogens is 3. The van der Waals surface area contributed by atoms with E-state index in [0.29, 0.717) is 31.1 Å². The lowest BCUT2D eigenvalue weighted by molar-refractivity contribution is 0.181. The van der Waals surface area contributed by atoms with Crippen LogP contribution < -0.4 is 0 Å². The molecule has 0 aliphatic carbocycles. The van der Waals surface area contributed by atoms with Crippen molar-refractivity contribution in [2.24, 2.45) is 0 Å². The standard InChI is InChI=1S/C19H21N5O2S/c25-27(26,19-4-2-18(3-5-19)24-11-1-8-21-24)23-14-12-22(13-15-23)16-17-6-9-20-10-7-17/h1-11H,12-16H2. The molecule has 0 saturated carbocycles. The number of hydrogen-bond donors (Lipinski definition) is 0. The number of piperazine rings is 1. The van der Waals surface area contributed by atoms with Gasteiger partial charge in [-0.05, 0) is 48.0 Å². The highest BCUT2D eigenvalue weighted by Gasteiger charge is 2.28. The van der Waals surface area contributed by atoms with E-state index in [-0.39, 0.29) is 0 Å². The lowest BCUT2D eigenvalue weighted by Gasteiger charge is -2.34. The quantitative estimate of drug-likeness (QED) is 0.672. The average Bonchev–Trinajstić information content (AvgIpc) is 3.24. The third-order valence-electron chi connectivity index (χ3n) is 4.73.